The van der Waals surface area contributed by atoms with E-state index in [1.165, 1.54) is 0 Å². The third-order valence-electron chi connectivity index (χ3n) is 5.04. The van der Waals surface area contributed by atoms with Crippen LogP contribution in [0.3, 0.4) is 0 Å². The third kappa shape index (κ3) is 4.03. The zero-order valence-electron chi connectivity index (χ0n) is 16.0. The summed E-state index contributed by atoms with van der Waals surface area (Å²) >= 11 is 0. The summed E-state index contributed by atoms with van der Waals surface area (Å²) in [6.45, 7) is 3.87. The van der Waals surface area contributed by atoms with Crippen LogP contribution < -0.4 is 15.4 Å². The number of fused-ring (bicyclic) bond motifs is 1. The molecule has 0 saturated carbocycles. The first kappa shape index (κ1) is 18.5. The summed E-state index contributed by atoms with van der Waals surface area (Å²) in [6, 6.07) is 11.8. The van der Waals surface area contributed by atoms with Crippen molar-refractivity contribution in [3.05, 3.63) is 66.0 Å². The van der Waals surface area contributed by atoms with Crippen molar-refractivity contribution in [1.29, 1.82) is 0 Å². The molecule has 2 aliphatic heterocycles. The number of nitrogens with zero attached hydrogens (tertiary/aromatic N) is 1. The molecule has 2 N–H and O–H groups in total. The molecule has 6 nitrogen and oxygen atoms in total. The Labute approximate surface area is 164 Å². The number of hydrogen-bond acceptors (Lipinski definition) is 5. The lowest BCUT2D eigenvalue weighted by molar-refractivity contribution is 0.0680. The van der Waals surface area contributed by atoms with E-state index in [4.69, 9.17) is 9.47 Å². The van der Waals surface area contributed by atoms with Crippen LogP contribution in [0.15, 0.2) is 60.4 Å². The fourth-order valence-electron chi connectivity index (χ4n) is 3.69. The second kappa shape index (κ2) is 8.46. The van der Waals surface area contributed by atoms with Crippen LogP contribution in [0.25, 0.3) is 10.8 Å². The Morgan fingerprint density at radius 3 is 2.93 bits per heavy atom. The first-order valence-corrected chi connectivity index (χ1v) is 9.54. The minimum Gasteiger partial charge on any atom is -0.496 e. The van der Waals surface area contributed by atoms with E-state index in [1.807, 2.05) is 48.6 Å². The molecule has 1 saturated heterocycles. The summed E-state index contributed by atoms with van der Waals surface area (Å²) < 4.78 is 10.9. The summed E-state index contributed by atoms with van der Waals surface area (Å²) in [6.07, 6.45) is 5.97. The van der Waals surface area contributed by atoms with Gasteiger partial charge in [-0.3, -0.25) is 4.79 Å². The number of allylic oxidation sites excluding steroid dienone is 2. The average Bonchev–Trinajstić information content (AvgIpc) is 2.74. The van der Waals surface area contributed by atoms with Crippen molar-refractivity contribution < 1.29 is 14.3 Å². The van der Waals surface area contributed by atoms with Gasteiger partial charge in [0.25, 0.3) is 5.91 Å². The lowest BCUT2D eigenvalue weighted by Crippen LogP contribution is -2.48. The molecule has 2 aromatic rings. The number of ether oxygens (including phenoxy) is 2. The normalized spacial score (nSPS) is 19.4. The smallest absolute Gasteiger partial charge is 0.256 e. The largest absolute Gasteiger partial charge is 0.496 e. The van der Waals surface area contributed by atoms with E-state index in [0.29, 0.717) is 24.8 Å². The van der Waals surface area contributed by atoms with Crippen molar-refractivity contribution in [2.45, 2.75) is 6.04 Å². The summed E-state index contributed by atoms with van der Waals surface area (Å²) in [4.78, 5) is 15.1. The molecule has 2 aliphatic rings. The summed E-state index contributed by atoms with van der Waals surface area (Å²) in [5, 5.41) is 8.34. The van der Waals surface area contributed by atoms with Crippen LogP contribution in [0.2, 0.25) is 0 Å². The van der Waals surface area contributed by atoms with Crippen molar-refractivity contribution in [1.82, 2.24) is 15.5 Å². The maximum absolute atomic E-state index is 13.0. The standard InChI is InChI=1S/C22H25N3O3/c1-27-21-9-8-20(18-6-2-3-7-19(18)21)22(26)24-16-5-4-11-25(13-16)14-17-15-28-12-10-23-17/h2-9,11,17,23H,10,12-15H2,1H3,(H,24,26). The van der Waals surface area contributed by atoms with Crippen LogP contribution in [0.5, 0.6) is 5.75 Å². The monoisotopic (exact) mass is 379 g/mol. The molecular formula is C22H25N3O3. The van der Waals surface area contributed by atoms with Gasteiger partial charge in [-0.15, -0.1) is 0 Å². The SMILES string of the molecule is COc1ccc(C(=O)NC2=CC=CN(CC3COCCN3)C2)c2ccccc12. The molecule has 146 valence electrons. The van der Waals surface area contributed by atoms with Gasteiger partial charge in [0.05, 0.1) is 26.9 Å². The molecule has 1 amide bonds. The number of nitrogens with one attached hydrogen (secondary N) is 2. The molecule has 0 radical (unpaired) electrons. The van der Waals surface area contributed by atoms with Gasteiger partial charge >= 0.3 is 0 Å². The summed E-state index contributed by atoms with van der Waals surface area (Å²) in [5.74, 6) is 0.653. The molecule has 0 aliphatic carbocycles. The van der Waals surface area contributed by atoms with E-state index >= 15 is 0 Å². The maximum atomic E-state index is 13.0. The minimum atomic E-state index is -0.112. The summed E-state index contributed by atoms with van der Waals surface area (Å²) in [5.41, 5.74) is 1.52. The van der Waals surface area contributed by atoms with Gasteiger partial charge in [0, 0.05) is 35.8 Å². The Bertz CT molecular complexity index is 916. The fraction of sp³-hybridized carbons (Fsp3) is 0.318. The number of amides is 1. The minimum absolute atomic E-state index is 0.112. The molecule has 1 unspecified atom stereocenters. The number of carbonyl (C=O) groups excluding carboxylic acids is 1. The zero-order chi connectivity index (χ0) is 19.3. The zero-order valence-corrected chi connectivity index (χ0v) is 16.0. The first-order chi connectivity index (χ1) is 13.7. The Kier molecular flexibility index (Phi) is 5.60. The number of carbonyl (C=O) groups is 1. The van der Waals surface area contributed by atoms with E-state index in [2.05, 4.69) is 21.7 Å². The predicted molar refractivity (Wildman–Crippen MR) is 109 cm³/mol. The Morgan fingerprint density at radius 1 is 1.29 bits per heavy atom. The van der Waals surface area contributed by atoms with Gasteiger partial charge in [-0.25, -0.2) is 0 Å². The Balaban J connectivity index is 1.46. The van der Waals surface area contributed by atoms with Crippen LogP contribution >= 0.6 is 0 Å². The van der Waals surface area contributed by atoms with Crippen LogP contribution in [-0.4, -0.2) is 56.8 Å². The number of benzene rings is 2. The Morgan fingerprint density at radius 2 is 2.14 bits per heavy atom. The van der Waals surface area contributed by atoms with Crippen LogP contribution in [0, 0.1) is 0 Å². The predicted octanol–water partition coefficient (Wildman–Crippen LogP) is 2.28. The number of methoxy groups -OCH3 is 1. The van der Waals surface area contributed by atoms with Crippen LogP contribution in [-0.2, 0) is 4.74 Å². The molecule has 0 bridgehead atoms. The van der Waals surface area contributed by atoms with Gasteiger partial charge in [-0.2, -0.15) is 0 Å². The second-order valence-electron chi connectivity index (χ2n) is 7.00. The average molecular weight is 379 g/mol. The number of rotatable bonds is 5. The highest BCUT2D eigenvalue weighted by Gasteiger charge is 2.19. The molecule has 2 aromatic carbocycles. The van der Waals surface area contributed by atoms with Gasteiger partial charge < -0.3 is 25.0 Å². The maximum Gasteiger partial charge on any atom is 0.256 e. The lowest BCUT2D eigenvalue weighted by atomic mass is 10.0. The fourth-order valence-corrected chi connectivity index (χ4v) is 3.69. The molecule has 0 spiro atoms. The number of morpholine rings is 1. The first-order valence-electron chi connectivity index (χ1n) is 9.54. The molecule has 28 heavy (non-hydrogen) atoms. The van der Waals surface area contributed by atoms with Crippen molar-refractivity contribution in [2.24, 2.45) is 0 Å². The van der Waals surface area contributed by atoms with Crippen molar-refractivity contribution in [3.8, 4) is 5.75 Å². The molecule has 1 fully saturated rings. The van der Waals surface area contributed by atoms with E-state index in [1.54, 1.807) is 7.11 Å². The van der Waals surface area contributed by atoms with Gasteiger partial charge in [-0.1, -0.05) is 24.3 Å². The summed E-state index contributed by atoms with van der Waals surface area (Å²) in [7, 11) is 1.64. The van der Waals surface area contributed by atoms with E-state index in [0.717, 1.165) is 41.9 Å². The Hall–Kier alpha value is -2.83. The van der Waals surface area contributed by atoms with Gasteiger partial charge in [-0.05, 0) is 35.9 Å². The molecule has 4 rings (SSSR count). The van der Waals surface area contributed by atoms with Crippen molar-refractivity contribution >= 4 is 16.7 Å². The highest BCUT2D eigenvalue weighted by molar-refractivity contribution is 6.09. The van der Waals surface area contributed by atoms with Crippen molar-refractivity contribution in [2.75, 3.05) is 40.0 Å². The quantitative estimate of drug-likeness (QED) is 0.835. The molecule has 2 heterocycles. The van der Waals surface area contributed by atoms with Gasteiger partial charge in [0.1, 0.15) is 5.75 Å². The molecule has 0 aromatic heterocycles. The van der Waals surface area contributed by atoms with E-state index in [-0.39, 0.29) is 5.91 Å². The van der Waals surface area contributed by atoms with Crippen molar-refractivity contribution in [3.63, 3.8) is 0 Å². The van der Waals surface area contributed by atoms with Gasteiger partial charge in [0.15, 0.2) is 0 Å². The molecule has 1 atom stereocenters. The highest BCUT2D eigenvalue weighted by atomic mass is 16.5. The second-order valence-corrected chi connectivity index (χ2v) is 7.00. The van der Waals surface area contributed by atoms with Crippen LogP contribution in [0.4, 0.5) is 0 Å². The lowest BCUT2D eigenvalue weighted by Gasteiger charge is -2.31. The third-order valence-corrected chi connectivity index (χ3v) is 5.04. The van der Waals surface area contributed by atoms with E-state index < -0.39 is 0 Å². The molecule has 6 heteroatoms. The number of hydrogen-bond donors (Lipinski definition) is 2. The highest BCUT2D eigenvalue weighted by Crippen LogP contribution is 2.28. The van der Waals surface area contributed by atoms with Crippen LogP contribution in [0.1, 0.15) is 10.4 Å². The topological polar surface area (TPSA) is 62.8 Å². The van der Waals surface area contributed by atoms with Gasteiger partial charge in [0.2, 0.25) is 0 Å². The van der Waals surface area contributed by atoms with E-state index in [9.17, 15) is 4.79 Å². The molecular weight excluding hydrogens is 354 g/mol.